The lowest BCUT2D eigenvalue weighted by Crippen LogP contribution is -2.41. The molecular formula is C22H27N3O4. The molecule has 1 fully saturated rings. The summed E-state index contributed by atoms with van der Waals surface area (Å²) in [6.45, 7) is 6.61. The highest BCUT2D eigenvalue weighted by Crippen LogP contribution is 2.12. The monoisotopic (exact) mass is 397 g/mol. The lowest BCUT2D eigenvalue weighted by molar-refractivity contribution is -0.118. The van der Waals surface area contributed by atoms with Crippen LogP contribution in [0.15, 0.2) is 48.5 Å². The highest BCUT2D eigenvalue weighted by atomic mass is 16.5. The number of hydrogen-bond donors (Lipinski definition) is 2. The van der Waals surface area contributed by atoms with Gasteiger partial charge in [-0.1, -0.05) is 17.7 Å². The Kier molecular flexibility index (Phi) is 7.61. The Labute approximate surface area is 171 Å². The van der Waals surface area contributed by atoms with E-state index in [2.05, 4.69) is 15.5 Å². The topological polar surface area (TPSA) is 79.9 Å². The van der Waals surface area contributed by atoms with E-state index >= 15 is 0 Å². The number of nitrogens with one attached hydrogen (secondary N) is 2. The number of benzene rings is 2. The molecular weight excluding hydrogens is 370 g/mol. The zero-order valence-corrected chi connectivity index (χ0v) is 16.6. The molecule has 1 aliphatic heterocycles. The molecule has 0 atom stereocenters. The van der Waals surface area contributed by atoms with Crippen LogP contribution < -0.4 is 15.4 Å². The van der Waals surface area contributed by atoms with Crippen molar-refractivity contribution in [2.75, 3.05) is 51.3 Å². The van der Waals surface area contributed by atoms with Crippen LogP contribution >= 0.6 is 0 Å². The van der Waals surface area contributed by atoms with Gasteiger partial charge >= 0.3 is 0 Å². The van der Waals surface area contributed by atoms with E-state index in [0.717, 1.165) is 38.4 Å². The summed E-state index contributed by atoms with van der Waals surface area (Å²) >= 11 is 0. The summed E-state index contributed by atoms with van der Waals surface area (Å²) in [7, 11) is 0. The zero-order valence-electron chi connectivity index (χ0n) is 16.6. The van der Waals surface area contributed by atoms with Gasteiger partial charge in [0.25, 0.3) is 11.8 Å². The van der Waals surface area contributed by atoms with Crippen molar-refractivity contribution in [2.45, 2.75) is 6.92 Å². The number of anilines is 1. The largest absolute Gasteiger partial charge is 0.484 e. The van der Waals surface area contributed by atoms with Crippen LogP contribution in [0, 0.1) is 6.92 Å². The summed E-state index contributed by atoms with van der Waals surface area (Å²) in [5.41, 5.74) is 2.31. The minimum atomic E-state index is -0.256. The van der Waals surface area contributed by atoms with Crippen molar-refractivity contribution >= 4 is 17.5 Å². The molecule has 0 spiro atoms. The Hall–Kier alpha value is -2.90. The van der Waals surface area contributed by atoms with Crippen LogP contribution in [-0.4, -0.2) is 62.7 Å². The minimum absolute atomic E-state index is 0.0765. The van der Waals surface area contributed by atoms with Gasteiger partial charge in [-0.15, -0.1) is 0 Å². The second-order valence-corrected chi connectivity index (χ2v) is 6.94. The molecule has 2 N–H and O–H groups in total. The highest BCUT2D eigenvalue weighted by molar-refractivity contribution is 5.96. The van der Waals surface area contributed by atoms with E-state index < -0.39 is 0 Å². The maximum absolute atomic E-state index is 12.2. The number of carbonyl (C=O) groups is 2. The van der Waals surface area contributed by atoms with Crippen LogP contribution in [0.5, 0.6) is 5.75 Å². The van der Waals surface area contributed by atoms with Gasteiger partial charge in [0.2, 0.25) is 0 Å². The Morgan fingerprint density at radius 3 is 2.41 bits per heavy atom. The first-order chi connectivity index (χ1) is 14.1. The third-order valence-electron chi connectivity index (χ3n) is 4.64. The van der Waals surface area contributed by atoms with Gasteiger partial charge in [0.1, 0.15) is 5.75 Å². The maximum Gasteiger partial charge on any atom is 0.262 e. The summed E-state index contributed by atoms with van der Waals surface area (Å²) in [6, 6.07) is 14.3. The van der Waals surface area contributed by atoms with Crippen LogP contribution in [0.1, 0.15) is 15.9 Å². The van der Waals surface area contributed by atoms with Gasteiger partial charge in [0.15, 0.2) is 6.61 Å². The quantitative estimate of drug-likeness (QED) is 0.713. The number of ether oxygens (including phenoxy) is 2. The van der Waals surface area contributed by atoms with E-state index in [1.807, 2.05) is 31.2 Å². The van der Waals surface area contributed by atoms with Crippen molar-refractivity contribution in [3.8, 4) is 5.75 Å². The fourth-order valence-electron chi connectivity index (χ4n) is 2.94. The number of morpholine rings is 1. The van der Waals surface area contributed by atoms with Crippen molar-refractivity contribution in [3.63, 3.8) is 0 Å². The number of amides is 2. The van der Waals surface area contributed by atoms with Crippen LogP contribution in [0.3, 0.4) is 0 Å². The van der Waals surface area contributed by atoms with Crippen LogP contribution in [-0.2, 0) is 9.53 Å². The first-order valence-corrected chi connectivity index (χ1v) is 9.78. The van der Waals surface area contributed by atoms with Crippen molar-refractivity contribution in [1.29, 1.82) is 0 Å². The predicted octanol–water partition coefficient (Wildman–Crippen LogP) is 2.07. The predicted molar refractivity (Wildman–Crippen MR) is 111 cm³/mol. The van der Waals surface area contributed by atoms with Crippen molar-refractivity contribution in [3.05, 3.63) is 59.7 Å². The summed E-state index contributed by atoms with van der Waals surface area (Å²) in [5, 5.41) is 5.68. The molecule has 1 aliphatic rings. The molecule has 0 saturated carbocycles. The molecule has 7 nitrogen and oxygen atoms in total. The Bertz CT molecular complexity index is 800. The van der Waals surface area contributed by atoms with Gasteiger partial charge in [0.05, 0.1) is 13.2 Å². The summed E-state index contributed by atoms with van der Waals surface area (Å²) < 4.78 is 10.8. The average Bonchev–Trinajstić information content (AvgIpc) is 2.74. The molecule has 154 valence electrons. The molecule has 3 rings (SSSR count). The van der Waals surface area contributed by atoms with Gasteiger partial charge < -0.3 is 20.1 Å². The van der Waals surface area contributed by atoms with E-state index in [1.165, 1.54) is 0 Å². The van der Waals surface area contributed by atoms with Gasteiger partial charge in [-0.3, -0.25) is 14.5 Å². The number of rotatable bonds is 8. The van der Waals surface area contributed by atoms with Gasteiger partial charge in [0, 0.05) is 37.4 Å². The van der Waals surface area contributed by atoms with E-state index in [4.69, 9.17) is 9.47 Å². The summed E-state index contributed by atoms with van der Waals surface area (Å²) in [5.74, 6) is 0.266. The highest BCUT2D eigenvalue weighted by Gasteiger charge is 2.11. The molecule has 1 heterocycles. The van der Waals surface area contributed by atoms with E-state index in [1.54, 1.807) is 24.3 Å². The Morgan fingerprint density at radius 2 is 1.72 bits per heavy atom. The number of carbonyl (C=O) groups excluding carboxylic acids is 2. The SMILES string of the molecule is Cc1ccc(OCC(=O)Nc2ccc(C(=O)NCCN3CCOCC3)cc2)cc1. The van der Waals surface area contributed by atoms with Crippen molar-refractivity contribution in [1.82, 2.24) is 10.2 Å². The summed E-state index contributed by atoms with van der Waals surface area (Å²) in [4.78, 5) is 26.5. The minimum Gasteiger partial charge on any atom is -0.484 e. The van der Waals surface area contributed by atoms with E-state index in [0.29, 0.717) is 23.5 Å². The van der Waals surface area contributed by atoms with Crippen LogP contribution in [0.2, 0.25) is 0 Å². The second kappa shape index (κ2) is 10.6. The molecule has 2 amide bonds. The molecule has 1 saturated heterocycles. The van der Waals surface area contributed by atoms with Crippen molar-refractivity contribution < 1.29 is 19.1 Å². The number of hydrogen-bond acceptors (Lipinski definition) is 5. The molecule has 7 heteroatoms. The molecule has 0 bridgehead atoms. The Balaban J connectivity index is 1.39. The molecule has 0 aliphatic carbocycles. The number of nitrogens with zero attached hydrogens (tertiary/aromatic N) is 1. The third kappa shape index (κ3) is 6.89. The lowest BCUT2D eigenvalue weighted by atomic mass is 10.2. The molecule has 2 aromatic rings. The first-order valence-electron chi connectivity index (χ1n) is 9.78. The van der Waals surface area contributed by atoms with Gasteiger partial charge in [-0.05, 0) is 43.3 Å². The maximum atomic E-state index is 12.2. The molecule has 0 radical (unpaired) electrons. The zero-order chi connectivity index (χ0) is 20.5. The van der Waals surface area contributed by atoms with Crippen molar-refractivity contribution in [2.24, 2.45) is 0 Å². The molecule has 0 aromatic heterocycles. The molecule has 0 unspecified atom stereocenters. The summed E-state index contributed by atoms with van der Waals surface area (Å²) in [6.07, 6.45) is 0. The first kappa shape index (κ1) is 20.8. The lowest BCUT2D eigenvalue weighted by Gasteiger charge is -2.26. The normalized spacial score (nSPS) is 14.2. The Morgan fingerprint density at radius 1 is 1.03 bits per heavy atom. The fraction of sp³-hybridized carbons (Fsp3) is 0.364. The number of aryl methyl sites for hydroxylation is 1. The molecule has 2 aromatic carbocycles. The fourth-order valence-corrected chi connectivity index (χ4v) is 2.94. The average molecular weight is 397 g/mol. The van der Waals surface area contributed by atoms with Gasteiger partial charge in [-0.2, -0.15) is 0 Å². The smallest absolute Gasteiger partial charge is 0.262 e. The molecule has 29 heavy (non-hydrogen) atoms. The standard InChI is InChI=1S/C22H27N3O4/c1-17-2-8-20(9-3-17)29-16-21(26)24-19-6-4-18(5-7-19)22(27)23-10-11-25-12-14-28-15-13-25/h2-9H,10-16H2,1H3,(H,23,27)(H,24,26). The van der Waals surface area contributed by atoms with E-state index in [9.17, 15) is 9.59 Å². The second-order valence-electron chi connectivity index (χ2n) is 6.94. The van der Waals surface area contributed by atoms with Crippen LogP contribution in [0.25, 0.3) is 0 Å². The van der Waals surface area contributed by atoms with Crippen LogP contribution in [0.4, 0.5) is 5.69 Å². The van der Waals surface area contributed by atoms with E-state index in [-0.39, 0.29) is 18.4 Å². The van der Waals surface area contributed by atoms with Gasteiger partial charge in [-0.25, -0.2) is 0 Å². The third-order valence-corrected chi connectivity index (χ3v) is 4.64.